The van der Waals surface area contributed by atoms with Crippen molar-refractivity contribution in [1.82, 2.24) is 19.9 Å². The maximum absolute atomic E-state index is 13.2. The lowest BCUT2D eigenvalue weighted by Gasteiger charge is -2.36. The highest BCUT2D eigenvalue weighted by atomic mass is 32.2. The second-order valence-corrected chi connectivity index (χ2v) is 10.3. The average molecular weight is 488 g/mol. The van der Waals surface area contributed by atoms with Crippen molar-refractivity contribution in [1.29, 1.82) is 0 Å². The molecule has 1 saturated heterocycles. The number of hydrogen-bond acceptors (Lipinski definition) is 7. The number of aromatic amines is 1. The molecule has 1 fully saturated rings. The summed E-state index contributed by atoms with van der Waals surface area (Å²) in [5.74, 6) is 0.822. The summed E-state index contributed by atoms with van der Waals surface area (Å²) >= 11 is 3.47. The SMILES string of the molecule is Cc1c(SCCN2CCN(c3ccc(F)cc3)CC2)ccnc1C(CCO)Sc1ncc[nH]1. The Labute approximate surface area is 203 Å². The number of imidazole rings is 1. The van der Waals surface area contributed by atoms with Gasteiger partial charge in [-0.25, -0.2) is 9.37 Å². The Morgan fingerprint density at radius 1 is 1.09 bits per heavy atom. The molecule has 0 aliphatic carbocycles. The maximum Gasteiger partial charge on any atom is 0.165 e. The summed E-state index contributed by atoms with van der Waals surface area (Å²) in [4.78, 5) is 18.1. The molecule has 0 amide bonds. The first-order chi connectivity index (χ1) is 16.1. The second-order valence-electron chi connectivity index (χ2n) is 7.99. The van der Waals surface area contributed by atoms with E-state index in [9.17, 15) is 9.50 Å². The molecule has 1 aliphatic heterocycles. The van der Waals surface area contributed by atoms with Gasteiger partial charge in [0.05, 0.1) is 10.9 Å². The summed E-state index contributed by atoms with van der Waals surface area (Å²) in [5.41, 5.74) is 3.29. The summed E-state index contributed by atoms with van der Waals surface area (Å²) in [6.07, 6.45) is 6.06. The van der Waals surface area contributed by atoms with Gasteiger partial charge in [0.15, 0.2) is 5.16 Å². The van der Waals surface area contributed by atoms with Crippen LogP contribution in [0.5, 0.6) is 0 Å². The van der Waals surface area contributed by atoms with Gasteiger partial charge in [-0.3, -0.25) is 9.88 Å². The molecule has 1 atom stereocenters. The number of pyridine rings is 1. The number of aliphatic hydroxyl groups excluding tert-OH is 1. The Kier molecular flexibility index (Phi) is 8.66. The number of hydrogen-bond donors (Lipinski definition) is 2. The minimum atomic E-state index is -0.189. The van der Waals surface area contributed by atoms with Crippen molar-refractivity contribution >= 4 is 29.2 Å². The number of anilines is 1. The highest BCUT2D eigenvalue weighted by Gasteiger charge is 2.20. The van der Waals surface area contributed by atoms with Crippen LogP contribution in [-0.2, 0) is 0 Å². The van der Waals surface area contributed by atoms with Crippen LogP contribution < -0.4 is 4.90 Å². The quantitative estimate of drug-likeness (QED) is 0.411. The van der Waals surface area contributed by atoms with E-state index in [0.29, 0.717) is 6.42 Å². The Hall–Kier alpha value is -2.07. The van der Waals surface area contributed by atoms with Crippen molar-refractivity contribution in [2.24, 2.45) is 0 Å². The fourth-order valence-electron chi connectivity index (χ4n) is 4.00. The molecule has 0 saturated carbocycles. The van der Waals surface area contributed by atoms with Crippen molar-refractivity contribution < 1.29 is 9.50 Å². The van der Waals surface area contributed by atoms with Gasteiger partial charge in [0.2, 0.25) is 0 Å². The Bertz CT molecular complexity index is 995. The summed E-state index contributed by atoms with van der Waals surface area (Å²) < 4.78 is 13.2. The lowest BCUT2D eigenvalue weighted by Crippen LogP contribution is -2.47. The molecule has 2 N–H and O–H groups in total. The number of rotatable bonds is 10. The molecule has 33 heavy (non-hydrogen) atoms. The third kappa shape index (κ3) is 6.50. The minimum Gasteiger partial charge on any atom is -0.396 e. The predicted octanol–water partition coefficient (Wildman–Crippen LogP) is 4.38. The highest BCUT2D eigenvalue weighted by molar-refractivity contribution is 7.99. The molecule has 1 unspecified atom stereocenters. The van der Waals surface area contributed by atoms with Crippen molar-refractivity contribution in [3.8, 4) is 0 Å². The lowest BCUT2D eigenvalue weighted by atomic mass is 10.1. The Balaban J connectivity index is 1.29. The highest BCUT2D eigenvalue weighted by Crippen LogP contribution is 2.38. The van der Waals surface area contributed by atoms with Crippen molar-refractivity contribution in [3.63, 3.8) is 0 Å². The Morgan fingerprint density at radius 2 is 1.88 bits per heavy atom. The van der Waals surface area contributed by atoms with E-state index in [4.69, 9.17) is 0 Å². The molecule has 1 aromatic carbocycles. The van der Waals surface area contributed by atoms with Crippen molar-refractivity contribution in [2.75, 3.05) is 50.0 Å². The number of aliphatic hydroxyl groups is 1. The third-order valence-corrected chi connectivity index (χ3v) is 8.18. The number of halogens is 1. The smallest absolute Gasteiger partial charge is 0.165 e. The van der Waals surface area contributed by atoms with Gasteiger partial charge in [0.25, 0.3) is 0 Å². The van der Waals surface area contributed by atoms with Gasteiger partial charge in [0.1, 0.15) is 5.82 Å². The van der Waals surface area contributed by atoms with Crippen LogP contribution in [0, 0.1) is 12.7 Å². The zero-order valence-corrected chi connectivity index (χ0v) is 20.4. The zero-order valence-electron chi connectivity index (χ0n) is 18.8. The lowest BCUT2D eigenvalue weighted by molar-refractivity contribution is 0.273. The topological polar surface area (TPSA) is 68.3 Å². The van der Waals surface area contributed by atoms with Gasteiger partial charge < -0.3 is 15.0 Å². The van der Waals surface area contributed by atoms with Gasteiger partial charge in [-0.2, -0.15) is 0 Å². The molecular weight excluding hydrogens is 457 g/mol. The molecule has 1 aliphatic rings. The van der Waals surface area contributed by atoms with E-state index in [-0.39, 0.29) is 17.7 Å². The van der Waals surface area contributed by atoms with Crippen LogP contribution in [0.1, 0.15) is 22.9 Å². The predicted molar refractivity (Wildman–Crippen MR) is 134 cm³/mol. The van der Waals surface area contributed by atoms with E-state index in [1.807, 2.05) is 36.3 Å². The van der Waals surface area contributed by atoms with Crippen LogP contribution in [0.2, 0.25) is 0 Å². The molecule has 9 heteroatoms. The van der Waals surface area contributed by atoms with Gasteiger partial charge in [-0.05, 0) is 49.2 Å². The standard InChI is InChI=1S/C24H30FN5OS2/c1-18-21(6-8-26-23(18)22(7-16-31)33-24-27-9-10-28-24)32-17-15-29-11-13-30(14-12-29)20-4-2-19(25)3-5-20/h2-6,8-10,22,31H,7,11-17H2,1H3,(H,27,28). The minimum absolute atomic E-state index is 0.0567. The average Bonchev–Trinajstić information content (AvgIpc) is 3.34. The summed E-state index contributed by atoms with van der Waals surface area (Å²) in [6.45, 7) is 7.21. The van der Waals surface area contributed by atoms with Crippen molar-refractivity contribution in [3.05, 3.63) is 66.0 Å². The molecule has 3 heterocycles. The van der Waals surface area contributed by atoms with Gasteiger partial charge in [-0.15, -0.1) is 11.8 Å². The van der Waals surface area contributed by atoms with Crippen LogP contribution in [0.3, 0.4) is 0 Å². The fourth-order valence-corrected chi connectivity index (χ4v) is 6.15. The fraction of sp³-hybridized carbons (Fsp3) is 0.417. The molecule has 2 aromatic heterocycles. The summed E-state index contributed by atoms with van der Waals surface area (Å²) in [6, 6.07) is 8.87. The molecule has 4 rings (SSSR count). The van der Waals surface area contributed by atoms with E-state index in [0.717, 1.165) is 55.0 Å². The number of nitrogens with one attached hydrogen (secondary N) is 1. The molecule has 3 aromatic rings. The van der Waals surface area contributed by atoms with Crippen molar-refractivity contribution in [2.45, 2.75) is 28.6 Å². The first-order valence-corrected chi connectivity index (χ1v) is 13.1. The van der Waals surface area contributed by atoms with Crippen LogP contribution in [-0.4, -0.2) is 70.0 Å². The first kappa shape index (κ1) is 24.1. The van der Waals surface area contributed by atoms with E-state index < -0.39 is 0 Å². The van der Waals surface area contributed by atoms with E-state index in [2.05, 4.69) is 37.7 Å². The van der Waals surface area contributed by atoms with Crippen LogP contribution in [0.25, 0.3) is 0 Å². The summed E-state index contributed by atoms with van der Waals surface area (Å²) in [5, 5.41) is 10.5. The van der Waals surface area contributed by atoms with E-state index in [1.54, 1.807) is 18.0 Å². The molecular formula is C24H30FN5OS2. The normalized spacial score (nSPS) is 15.7. The molecule has 6 nitrogen and oxygen atoms in total. The van der Waals surface area contributed by atoms with Gasteiger partial charge >= 0.3 is 0 Å². The Morgan fingerprint density at radius 3 is 2.58 bits per heavy atom. The van der Waals surface area contributed by atoms with Gasteiger partial charge in [-0.1, -0.05) is 11.8 Å². The van der Waals surface area contributed by atoms with Crippen LogP contribution in [0.15, 0.2) is 59.0 Å². The van der Waals surface area contributed by atoms with Crippen LogP contribution >= 0.6 is 23.5 Å². The number of H-pyrrole nitrogens is 1. The first-order valence-electron chi connectivity index (χ1n) is 11.2. The zero-order chi connectivity index (χ0) is 23.0. The van der Waals surface area contributed by atoms with Gasteiger partial charge in [0, 0.05) is 74.3 Å². The summed E-state index contributed by atoms with van der Waals surface area (Å²) in [7, 11) is 0. The largest absolute Gasteiger partial charge is 0.396 e. The molecule has 176 valence electrons. The number of nitrogens with zero attached hydrogens (tertiary/aromatic N) is 4. The molecule has 0 spiro atoms. The second kappa shape index (κ2) is 11.9. The maximum atomic E-state index is 13.2. The van der Waals surface area contributed by atoms with E-state index >= 15 is 0 Å². The molecule has 0 radical (unpaired) electrons. The third-order valence-electron chi connectivity index (χ3n) is 5.85. The number of aromatic nitrogens is 3. The number of piperazine rings is 1. The number of thioether (sulfide) groups is 2. The monoisotopic (exact) mass is 487 g/mol. The number of benzene rings is 1. The van der Waals surface area contributed by atoms with E-state index in [1.165, 1.54) is 22.6 Å². The van der Waals surface area contributed by atoms with Crippen LogP contribution in [0.4, 0.5) is 10.1 Å². The molecule has 0 bridgehead atoms.